The van der Waals surface area contributed by atoms with Gasteiger partial charge in [-0.15, -0.1) is 0 Å². The van der Waals surface area contributed by atoms with Gasteiger partial charge in [0.1, 0.15) is 11.6 Å². The lowest BCUT2D eigenvalue weighted by atomic mass is 10.2. The summed E-state index contributed by atoms with van der Waals surface area (Å²) in [7, 11) is 0. The summed E-state index contributed by atoms with van der Waals surface area (Å²) in [5.74, 6) is -0.563. The summed E-state index contributed by atoms with van der Waals surface area (Å²) < 4.78 is 14.5. The van der Waals surface area contributed by atoms with Crippen LogP contribution in [0.5, 0.6) is 5.75 Å². The van der Waals surface area contributed by atoms with Gasteiger partial charge in [-0.1, -0.05) is 0 Å². The minimum Gasteiger partial charge on any atom is -0.507 e. The molecule has 0 aliphatic heterocycles. The molecule has 110 valence electrons. The van der Waals surface area contributed by atoms with Gasteiger partial charge in [-0.3, -0.25) is 10.2 Å². The largest absolute Gasteiger partial charge is 0.507 e. The molecule has 0 atom stereocenters. The molecule has 2 aromatic carbocycles. The lowest BCUT2D eigenvalue weighted by Crippen LogP contribution is -2.36. The highest BCUT2D eigenvalue weighted by Gasteiger charge is 2.08. The van der Waals surface area contributed by atoms with Crippen molar-refractivity contribution in [1.29, 1.82) is 0 Å². The van der Waals surface area contributed by atoms with Crippen LogP contribution in [0.2, 0.25) is 0 Å². The van der Waals surface area contributed by atoms with Crippen molar-refractivity contribution in [2.24, 2.45) is 0 Å². The van der Waals surface area contributed by atoms with Crippen LogP contribution < -0.4 is 10.9 Å². The number of phenolic OH excluding ortho intramolecular Hbond substituents is 1. The van der Waals surface area contributed by atoms with E-state index in [1.807, 2.05) is 34.7 Å². The van der Waals surface area contributed by atoms with Crippen LogP contribution in [0.25, 0.3) is 0 Å². The topological polar surface area (TPSA) is 61.4 Å². The van der Waals surface area contributed by atoms with E-state index in [0.29, 0.717) is 11.1 Å². The number of benzene rings is 2. The van der Waals surface area contributed by atoms with Crippen molar-refractivity contribution in [2.45, 2.75) is 6.54 Å². The molecule has 0 fully saturated rings. The van der Waals surface area contributed by atoms with E-state index in [-0.39, 0.29) is 18.2 Å². The number of amides is 1. The fourth-order valence-electron chi connectivity index (χ4n) is 1.65. The number of halogens is 3. The molecule has 2 rings (SSSR count). The molecule has 0 heterocycles. The Morgan fingerprint density at radius 3 is 2.52 bits per heavy atom. The Kier molecular flexibility index (Phi) is 5.76. The number of rotatable bonds is 4. The number of hydrogen-bond donors (Lipinski definition) is 3. The SMILES string of the molecule is O=C(NNCc1cc(I)cc(I)c1O)c1ccc(F)cc1. The highest BCUT2D eigenvalue weighted by atomic mass is 127. The van der Waals surface area contributed by atoms with Crippen molar-refractivity contribution in [2.75, 3.05) is 0 Å². The maximum atomic E-state index is 12.8. The molecule has 4 nitrogen and oxygen atoms in total. The van der Waals surface area contributed by atoms with Crippen molar-refractivity contribution >= 4 is 51.1 Å². The van der Waals surface area contributed by atoms with Gasteiger partial charge in [0.15, 0.2) is 0 Å². The first-order valence-corrected chi connectivity index (χ1v) is 8.09. The van der Waals surface area contributed by atoms with Crippen LogP contribution in [0.1, 0.15) is 15.9 Å². The van der Waals surface area contributed by atoms with Gasteiger partial charge in [0.2, 0.25) is 0 Å². The van der Waals surface area contributed by atoms with Crippen molar-refractivity contribution in [1.82, 2.24) is 10.9 Å². The molecule has 0 spiro atoms. The molecule has 21 heavy (non-hydrogen) atoms. The van der Waals surface area contributed by atoms with Crippen LogP contribution in [0, 0.1) is 13.0 Å². The fraction of sp³-hybridized carbons (Fsp3) is 0.0714. The Bertz CT molecular complexity index is 663. The standard InChI is InChI=1S/C14H11FI2N2O2/c15-10-3-1-8(2-4-10)14(21)19-18-7-9-5-11(16)6-12(17)13(9)20/h1-6,18,20H,7H2,(H,19,21). The average molecular weight is 512 g/mol. The number of carbonyl (C=O) groups is 1. The third-order valence-electron chi connectivity index (χ3n) is 2.69. The molecule has 0 saturated heterocycles. The smallest absolute Gasteiger partial charge is 0.265 e. The molecule has 0 saturated carbocycles. The van der Waals surface area contributed by atoms with Gasteiger partial charge < -0.3 is 5.11 Å². The second-order valence-corrected chi connectivity index (χ2v) is 6.62. The van der Waals surface area contributed by atoms with Gasteiger partial charge in [-0.25, -0.2) is 9.82 Å². The summed E-state index contributed by atoms with van der Waals surface area (Å²) in [5.41, 5.74) is 6.29. The number of carbonyl (C=O) groups excluding carboxylic acids is 1. The third kappa shape index (κ3) is 4.51. The van der Waals surface area contributed by atoms with Gasteiger partial charge in [-0.05, 0) is 81.6 Å². The lowest BCUT2D eigenvalue weighted by molar-refractivity contribution is 0.0932. The summed E-state index contributed by atoms with van der Waals surface area (Å²) in [4.78, 5) is 11.8. The van der Waals surface area contributed by atoms with Crippen molar-refractivity contribution in [3.8, 4) is 5.75 Å². The quantitative estimate of drug-likeness (QED) is 0.436. The number of hydrogen-bond acceptors (Lipinski definition) is 3. The first-order chi connectivity index (χ1) is 9.97. The van der Waals surface area contributed by atoms with Crippen LogP contribution >= 0.6 is 45.2 Å². The molecule has 0 bridgehead atoms. The Morgan fingerprint density at radius 2 is 1.86 bits per heavy atom. The predicted molar refractivity (Wildman–Crippen MR) is 94.2 cm³/mol. The van der Waals surface area contributed by atoms with Gasteiger partial charge in [-0.2, -0.15) is 0 Å². The molecule has 7 heteroatoms. The van der Waals surface area contributed by atoms with Crippen LogP contribution in [0.3, 0.4) is 0 Å². The molecule has 0 aliphatic carbocycles. The van der Waals surface area contributed by atoms with Gasteiger partial charge in [0, 0.05) is 21.2 Å². The van der Waals surface area contributed by atoms with E-state index in [9.17, 15) is 14.3 Å². The predicted octanol–water partition coefficient (Wildman–Crippen LogP) is 3.18. The molecular formula is C14H11FI2N2O2. The summed E-state index contributed by atoms with van der Waals surface area (Å²) in [6.07, 6.45) is 0. The fourth-order valence-corrected chi connectivity index (χ4v) is 3.61. The number of aromatic hydroxyl groups is 1. The molecule has 0 unspecified atom stereocenters. The monoisotopic (exact) mass is 512 g/mol. The third-order valence-corrected chi connectivity index (χ3v) is 4.14. The average Bonchev–Trinajstić information content (AvgIpc) is 2.44. The maximum Gasteiger partial charge on any atom is 0.265 e. The number of phenols is 1. The van der Waals surface area contributed by atoms with E-state index >= 15 is 0 Å². The molecule has 1 amide bonds. The van der Waals surface area contributed by atoms with Crippen LogP contribution in [-0.2, 0) is 6.54 Å². The minimum atomic E-state index is -0.391. The van der Waals surface area contributed by atoms with Gasteiger partial charge in [0.05, 0.1) is 3.57 Å². The van der Waals surface area contributed by atoms with Gasteiger partial charge in [0.25, 0.3) is 5.91 Å². The summed E-state index contributed by atoms with van der Waals surface area (Å²) in [6.45, 7) is 0.283. The highest BCUT2D eigenvalue weighted by molar-refractivity contribution is 14.1. The van der Waals surface area contributed by atoms with E-state index in [2.05, 4.69) is 33.4 Å². The number of hydrazine groups is 1. The zero-order valence-corrected chi connectivity index (χ0v) is 15.0. The molecule has 0 radical (unpaired) electrons. The maximum absolute atomic E-state index is 12.8. The summed E-state index contributed by atoms with van der Waals surface area (Å²) >= 11 is 4.21. The highest BCUT2D eigenvalue weighted by Crippen LogP contribution is 2.26. The van der Waals surface area contributed by atoms with Crippen LogP contribution in [-0.4, -0.2) is 11.0 Å². The molecule has 2 aromatic rings. The summed E-state index contributed by atoms with van der Waals surface area (Å²) in [5, 5.41) is 9.93. The Labute approximate surface area is 148 Å². The van der Waals surface area contributed by atoms with E-state index in [0.717, 1.165) is 7.14 Å². The van der Waals surface area contributed by atoms with Crippen LogP contribution in [0.4, 0.5) is 4.39 Å². The molecule has 0 aromatic heterocycles. The number of nitrogens with one attached hydrogen (secondary N) is 2. The van der Waals surface area contributed by atoms with Gasteiger partial charge >= 0.3 is 0 Å². The Hall–Kier alpha value is -0.940. The van der Waals surface area contributed by atoms with E-state index in [1.165, 1.54) is 24.3 Å². The van der Waals surface area contributed by atoms with Crippen molar-refractivity contribution < 1.29 is 14.3 Å². The Morgan fingerprint density at radius 1 is 1.19 bits per heavy atom. The zero-order chi connectivity index (χ0) is 15.4. The first kappa shape index (κ1) is 16.4. The van der Waals surface area contributed by atoms with E-state index < -0.39 is 5.82 Å². The molecule has 0 aliphatic rings. The summed E-state index contributed by atoms with van der Waals surface area (Å²) in [6, 6.07) is 8.94. The second-order valence-electron chi connectivity index (χ2n) is 4.21. The van der Waals surface area contributed by atoms with E-state index in [1.54, 1.807) is 0 Å². The normalized spacial score (nSPS) is 10.4. The van der Waals surface area contributed by atoms with Crippen molar-refractivity contribution in [3.05, 3.63) is 60.5 Å². The van der Waals surface area contributed by atoms with E-state index in [4.69, 9.17) is 0 Å². The second kappa shape index (κ2) is 7.36. The lowest BCUT2D eigenvalue weighted by Gasteiger charge is -2.10. The molecule has 3 N–H and O–H groups in total. The zero-order valence-electron chi connectivity index (χ0n) is 10.7. The Balaban J connectivity index is 1.95. The molecular weight excluding hydrogens is 501 g/mol. The van der Waals surface area contributed by atoms with Crippen molar-refractivity contribution in [3.63, 3.8) is 0 Å². The van der Waals surface area contributed by atoms with Crippen LogP contribution in [0.15, 0.2) is 36.4 Å². The minimum absolute atomic E-state index is 0.194. The first-order valence-electron chi connectivity index (χ1n) is 5.93.